The molecule has 0 fully saturated rings. The molecule has 0 bridgehead atoms. The van der Waals surface area contributed by atoms with Crippen LogP contribution in [0.3, 0.4) is 0 Å². The first-order valence-electron chi connectivity index (χ1n) is 4.09. The van der Waals surface area contributed by atoms with Crippen molar-refractivity contribution < 1.29 is 9.53 Å². The molecule has 0 aliphatic rings. The van der Waals surface area contributed by atoms with Gasteiger partial charge in [0.1, 0.15) is 0 Å². The molecule has 74 valence electrons. The van der Waals surface area contributed by atoms with E-state index in [0.29, 0.717) is 5.92 Å². The topological polar surface area (TPSA) is 26.3 Å². The van der Waals surface area contributed by atoms with E-state index in [2.05, 4.69) is 33.6 Å². The summed E-state index contributed by atoms with van der Waals surface area (Å²) < 4.78 is 4.86. The fourth-order valence-corrected chi connectivity index (χ4v) is 0.344. The summed E-state index contributed by atoms with van der Waals surface area (Å²) in [5.41, 5.74) is 0. The number of hydrogen-bond acceptors (Lipinski definition) is 2. The van der Waals surface area contributed by atoms with E-state index >= 15 is 0 Å². The SMILES string of the molecule is C=CC(=O)C=C.C=COCC(C)C. The Morgan fingerprint density at radius 2 is 1.77 bits per heavy atom. The van der Waals surface area contributed by atoms with Crippen molar-refractivity contribution in [3.8, 4) is 0 Å². The van der Waals surface area contributed by atoms with Crippen LogP contribution in [0.15, 0.2) is 38.2 Å². The number of ether oxygens (including phenoxy) is 1. The average Bonchev–Trinajstić information content (AvgIpc) is 2.14. The van der Waals surface area contributed by atoms with Crippen molar-refractivity contribution >= 4 is 5.78 Å². The summed E-state index contributed by atoms with van der Waals surface area (Å²) in [4.78, 5) is 9.94. The number of carbonyl (C=O) groups is 1. The summed E-state index contributed by atoms with van der Waals surface area (Å²) in [5.74, 6) is 0.480. The first-order valence-corrected chi connectivity index (χ1v) is 4.09. The minimum Gasteiger partial charge on any atom is -0.502 e. The predicted molar refractivity (Wildman–Crippen MR) is 56.4 cm³/mol. The van der Waals surface area contributed by atoms with Crippen LogP contribution in [0.25, 0.3) is 0 Å². The van der Waals surface area contributed by atoms with Gasteiger partial charge in [-0.1, -0.05) is 33.6 Å². The molecule has 13 heavy (non-hydrogen) atoms. The third-order valence-corrected chi connectivity index (χ3v) is 0.950. The Morgan fingerprint density at radius 1 is 1.31 bits per heavy atom. The Hall–Kier alpha value is -1.31. The maximum Gasteiger partial charge on any atom is 0.177 e. The summed E-state index contributed by atoms with van der Waals surface area (Å²) in [5, 5.41) is 0. The second-order valence-electron chi connectivity index (χ2n) is 2.70. The van der Waals surface area contributed by atoms with Gasteiger partial charge in [-0.3, -0.25) is 4.79 Å². The van der Waals surface area contributed by atoms with Gasteiger partial charge in [0.15, 0.2) is 5.78 Å². The minimum absolute atomic E-state index is 0.130. The molecule has 0 aromatic rings. The number of hydrogen-bond donors (Lipinski definition) is 0. The van der Waals surface area contributed by atoms with Crippen LogP contribution in [0.4, 0.5) is 0 Å². The van der Waals surface area contributed by atoms with E-state index in [0.717, 1.165) is 6.61 Å². The van der Waals surface area contributed by atoms with E-state index in [4.69, 9.17) is 4.74 Å². The van der Waals surface area contributed by atoms with Crippen LogP contribution in [0, 0.1) is 5.92 Å². The number of allylic oxidation sites excluding steroid dienone is 2. The Kier molecular flexibility index (Phi) is 11.7. The lowest BCUT2D eigenvalue weighted by atomic mass is 10.2. The number of rotatable bonds is 5. The Bertz CT molecular complexity index is 159. The normalized spacial score (nSPS) is 7.92. The first-order chi connectivity index (χ1) is 6.08. The summed E-state index contributed by atoms with van der Waals surface area (Å²) in [7, 11) is 0. The van der Waals surface area contributed by atoms with Crippen molar-refractivity contribution in [2.45, 2.75) is 13.8 Å². The van der Waals surface area contributed by atoms with Crippen LogP contribution >= 0.6 is 0 Å². The van der Waals surface area contributed by atoms with Crippen molar-refractivity contribution in [2.75, 3.05) is 6.61 Å². The van der Waals surface area contributed by atoms with Gasteiger partial charge in [-0.25, -0.2) is 0 Å². The van der Waals surface area contributed by atoms with Crippen LogP contribution < -0.4 is 0 Å². The standard InChI is InChI=1S/C6H12O.C5H6O/c1-4-7-5-6(2)3;1-3-5(6)4-2/h4,6H,1,5H2,2-3H3;3-4H,1-2H2. The lowest BCUT2D eigenvalue weighted by Crippen LogP contribution is -1.95. The summed E-state index contributed by atoms with van der Waals surface area (Å²) in [6.07, 6.45) is 3.90. The second kappa shape index (κ2) is 10.7. The molecule has 0 N–H and O–H groups in total. The van der Waals surface area contributed by atoms with Gasteiger partial charge < -0.3 is 4.74 Å². The van der Waals surface area contributed by atoms with Crippen molar-refractivity contribution in [1.82, 2.24) is 0 Å². The lowest BCUT2D eigenvalue weighted by Gasteiger charge is -2.00. The molecule has 0 aliphatic heterocycles. The average molecular weight is 182 g/mol. The molecule has 0 unspecified atom stereocenters. The highest BCUT2D eigenvalue weighted by molar-refractivity contribution is 5.98. The Balaban J connectivity index is 0. The molecule has 0 aliphatic carbocycles. The summed E-state index contributed by atoms with van der Waals surface area (Å²) in [6.45, 7) is 14.8. The zero-order chi connectivity index (χ0) is 10.7. The van der Waals surface area contributed by atoms with Crippen molar-refractivity contribution in [3.05, 3.63) is 38.2 Å². The third-order valence-electron chi connectivity index (χ3n) is 0.950. The van der Waals surface area contributed by atoms with E-state index in [1.165, 1.54) is 18.4 Å². The molecule has 0 atom stereocenters. The molecular formula is C11H18O2. The number of ketones is 1. The molecule has 0 rings (SSSR count). The van der Waals surface area contributed by atoms with Gasteiger partial charge in [-0.05, 0) is 18.1 Å². The highest BCUT2D eigenvalue weighted by atomic mass is 16.5. The lowest BCUT2D eigenvalue weighted by molar-refractivity contribution is -0.110. The molecule has 0 heterocycles. The van der Waals surface area contributed by atoms with Crippen molar-refractivity contribution in [2.24, 2.45) is 5.92 Å². The van der Waals surface area contributed by atoms with Gasteiger partial charge in [0.05, 0.1) is 12.9 Å². The second-order valence-corrected chi connectivity index (χ2v) is 2.70. The highest BCUT2D eigenvalue weighted by Crippen LogP contribution is 1.90. The fraction of sp³-hybridized carbons (Fsp3) is 0.364. The maximum atomic E-state index is 9.94. The molecular weight excluding hydrogens is 164 g/mol. The van der Waals surface area contributed by atoms with Gasteiger partial charge in [0, 0.05) is 0 Å². The summed E-state index contributed by atoms with van der Waals surface area (Å²) >= 11 is 0. The van der Waals surface area contributed by atoms with Crippen LogP contribution in [0.2, 0.25) is 0 Å². The van der Waals surface area contributed by atoms with Crippen molar-refractivity contribution in [3.63, 3.8) is 0 Å². The van der Waals surface area contributed by atoms with E-state index in [1.807, 2.05) is 0 Å². The summed E-state index contributed by atoms with van der Waals surface area (Å²) in [6, 6.07) is 0. The molecule has 0 radical (unpaired) electrons. The molecule has 2 heteroatoms. The number of carbonyl (C=O) groups excluding carboxylic acids is 1. The van der Waals surface area contributed by atoms with Crippen LogP contribution in [0.1, 0.15) is 13.8 Å². The molecule has 0 aromatic carbocycles. The monoisotopic (exact) mass is 182 g/mol. The zero-order valence-corrected chi connectivity index (χ0v) is 8.45. The van der Waals surface area contributed by atoms with Crippen molar-refractivity contribution in [1.29, 1.82) is 0 Å². The minimum atomic E-state index is -0.130. The van der Waals surface area contributed by atoms with E-state index in [1.54, 1.807) is 0 Å². The third kappa shape index (κ3) is 18.0. The Labute approximate surface area is 80.6 Å². The molecule has 0 spiro atoms. The van der Waals surface area contributed by atoms with E-state index in [9.17, 15) is 4.79 Å². The van der Waals surface area contributed by atoms with E-state index in [-0.39, 0.29) is 5.78 Å². The molecule has 0 aromatic heterocycles. The molecule has 0 saturated heterocycles. The molecule has 0 saturated carbocycles. The maximum absolute atomic E-state index is 9.94. The van der Waals surface area contributed by atoms with E-state index < -0.39 is 0 Å². The van der Waals surface area contributed by atoms with Gasteiger partial charge >= 0.3 is 0 Å². The first kappa shape index (κ1) is 14.2. The van der Waals surface area contributed by atoms with Gasteiger partial charge in [-0.15, -0.1) is 0 Å². The van der Waals surface area contributed by atoms with Gasteiger partial charge in [-0.2, -0.15) is 0 Å². The molecule has 0 amide bonds. The van der Waals surface area contributed by atoms with Crippen LogP contribution in [-0.2, 0) is 9.53 Å². The van der Waals surface area contributed by atoms with Gasteiger partial charge in [0.25, 0.3) is 0 Å². The Morgan fingerprint density at radius 3 is 1.85 bits per heavy atom. The highest BCUT2D eigenvalue weighted by Gasteiger charge is 1.87. The quantitative estimate of drug-likeness (QED) is 0.482. The largest absolute Gasteiger partial charge is 0.502 e. The van der Waals surface area contributed by atoms with Crippen LogP contribution in [0.5, 0.6) is 0 Å². The molecule has 2 nitrogen and oxygen atoms in total. The predicted octanol–water partition coefficient (Wildman–Crippen LogP) is 2.73. The van der Waals surface area contributed by atoms with Crippen LogP contribution in [-0.4, -0.2) is 12.4 Å². The smallest absolute Gasteiger partial charge is 0.177 e. The fourth-order valence-electron chi connectivity index (χ4n) is 0.344. The zero-order valence-electron chi connectivity index (χ0n) is 8.45. The van der Waals surface area contributed by atoms with Gasteiger partial charge in [0.2, 0.25) is 0 Å².